The second kappa shape index (κ2) is 7.32. The molecule has 0 aromatic heterocycles. The van der Waals surface area contributed by atoms with Crippen LogP contribution >= 0.6 is 0 Å². The molecule has 2 nitrogen and oxygen atoms in total. The number of carboxylic acid groups (broad SMARTS) is 1. The van der Waals surface area contributed by atoms with Crippen molar-refractivity contribution < 1.29 is 9.90 Å². The second-order valence-corrected chi connectivity index (χ2v) is 5.83. The minimum absolute atomic E-state index is 0.272. The van der Waals surface area contributed by atoms with Crippen LogP contribution in [0.25, 0.3) is 0 Å². The molecule has 0 aliphatic rings. The van der Waals surface area contributed by atoms with E-state index in [0.29, 0.717) is 18.3 Å². The van der Waals surface area contributed by atoms with Crippen LogP contribution in [0.5, 0.6) is 0 Å². The first-order chi connectivity index (χ1) is 8.93. The summed E-state index contributed by atoms with van der Waals surface area (Å²) in [5.41, 5.74) is 2.32. The van der Waals surface area contributed by atoms with Crippen molar-refractivity contribution in [2.24, 2.45) is 17.8 Å². The van der Waals surface area contributed by atoms with Crippen LogP contribution in [0.1, 0.15) is 44.7 Å². The highest BCUT2D eigenvalue weighted by Gasteiger charge is 2.23. The minimum Gasteiger partial charge on any atom is -0.481 e. The van der Waals surface area contributed by atoms with E-state index in [0.717, 1.165) is 18.4 Å². The molecule has 1 aromatic rings. The third-order valence-corrected chi connectivity index (χ3v) is 4.19. The highest BCUT2D eigenvalue weighted by atomic mass is 16.4. The van der Waals surface area contributed by atoms with E-state index < -0.39 is 5.97 Å². The van der Waals surface area contributed by atoms with Crippen molar-refractivity contribution in [2.45, 2.75) is 47.0 Å². The van der Waals surface area contributed by atoms with Crippen molar-refractivity contribution in [1.82, 2.24) is 0 Å². The summed E-state index contributed by atoms with van der Waals surface area (Å²) in [4.78, 5) is 11.4. The zero-order chi connectivity index (χ0) is 14.4. The Labute approximate surface area is 116 Å². The summed E-state index contributed by atoms with van der Waals surface area (Å²) in [6.07, 6.45) is 2.51. The van der Waals surface area contributed by atoms with Gasteiger partial charge in [-0.2, -0.15) is 0 Å². The van der Waals surface area contributed by atoms with E-state index in [2.05, 4.69) is 26.8 Å². The molecule has 0 spiro atoms. The SMILES string of the molecule is CCC(C)[C@H](C)CC(Cc1cccc(C)c1)C(=O)O. The lowest BCUT2D eigenvalue weighted by molar-refractivity contribution is -0.142. The van der Waals surface area contributed by atoms with Gasteiger partial charge in [-0.25, -0.2) is 0 Å². The highest BCUT2D eigenvalue weighted by molar-refractivity contribution is 5.70. The number of aliphatic carboxylic acids is 1. The number of rotatable bonds is 7. The number of aryl methyl sites for hydroxylation is 1. The average Bonchev–Trinajstić information content (AvgIpc) is 2.36. The normalized spacial score (nSPS) is 15.8. The van der Waals surface area contributed by atoms with Gasteiger partial charge in [-0.15, -0.1) is 0 Å². The van der Waals surface area contributed by atoms with Gasteiger partial charge in [0.1, 0.15) is 0 Å². The predicted octanol–water partition coefficient (Wildman–Crippen LogP) is 4.31. The van der Waals surface area contributed by atoms with Crippen molar-refractivity contribution in [2.75, 3.05) is 0 Å². The van der Waals surface area contributed by atoms with Crippen LogP contribution in [0.3, 0.4) is 0 Å². The lowest BCUT2D eigenvalue weighted by Crippen LogP contribution is -2.22. The van der Waals surface area contributed by atoms with Crippen LogP contribution < -0.4 is 0 Å². The van der Waals surface area contributed by atoms with E-state index in [1.807, 2.05) is 25.1 Å². The summed E-state index contributed by atoms with van der Waals surface area (Å²) in [7, 11) is 0. The van der Waals surface area contributed by atoms with Crippen LogP contribution in [0.2, 0.25) is 0 Å². The summed E-state index contributed by atoms with van der Waals surface area (Å²) in [5.74, 6) is 0.0951. The second-order valence-electron chi connectivity index (χ2n) is 5.83. The van der Waals surface area contributed by atoms with Crippen molar-refractivity contribution in [3.63, 3.8) is 0 Å². The first-order valence-corrected chi connectivity index (χ1v) is 7.22. The molecule has 19 heavy (non-hydrogen) atoms. The monoisotopic (exact) mass is 262 g/mol. The van der Waals surface area contributed by atoms with Crippen LogP contribution in [0, 0.1) is 24.7 Å². The van der Waals surface area contributed by atoms with Crippen molar-refractivity contribution in [3.8, 4) is 0 Å². The number of hydrogen-bond donors (Lipinski definition) is 1. The molecule has 0 bridgehead atoms. The molecular weight excluding hydrogens is 236 g/mol. The summed E-state index contributed by atoms with van der Waals surface area (Å²) in [5, 5.41) is 9.41. The Balaban J connectivity index is 2.71. The van der Waals surface area contributed by atoms with Crippen molar-refractivity contribution in [1.29, 1.82) is 0 Å². The fourth-order valence-electron chi connectivity index (χ4n) is 2.48. The van der Waals surface area contributed by atoms with Gasteiger partial charge in [0.25, 0.3) is 0 Å². The molecule has 0 aliphatic carbocycles. The third kappa shape index (κ3) is 5.06. The Morgan fingerprint density at radius 2 is 1.95 bits per heavy atom. The quantitative estimate of drug-likeness (QED) is 0.795. The number of benzene rings is 1. The summed E-state index contributed by atoms with van der Waals surface area (Å²) in [6.45, 7) is 8.58. The lowest BCUT2D eigenvalue weighted by Gasteiger charge is -2.22. The smallest absolute Gasteiger partial charge is 0.306 e. The molecule has 2 unspecified atom stereocenters. The van der Waals surface area contributed by atoms with Crippen LogP contribution in [0.4, 0.5) is 0 Å². The van der Waals surface area contributed by atoms with E-state index in [9.17, 15) is 9.90 Å². The Morgan fingerprint density at radius 1 is 1.26 bits per heavy atom. The molecule has 0 fully saturated rings. The average molecular weight is 262 g/mol. The fourth-order valence-corrected chi connectivity index (χ4v) is 2.48. The molecule has 1 aromatic carbocycles. The molecule has 0 radical (unpaired) electrons. The van der Waals surface area contributed by atoms with Gasteiger partial charge >= 0.3 is 5.97 Å². The highest BCUT2D eigenvalue weighted by Crippen LogP contribution is 2.25. The predicted molar refractivity (Wildman–Crippen MR) is 79.2 cm³/mol. The Hall–Kier alpha value is -1.31. The minimum atomic E-state index is -0.670. The molecule has 1 N–H and O–H groups in total. The number of carbonyl (C=O) groups is 1. The summed E-state index contributed by atoms with van der Waals surface area (Å²) >= 11 is 0. The largest absolute Gasteiger partial charge is 0.481 e. The maximum atomic E-state index is 11.4. The van der Waals surface area contributed by atoms with Crippen LogP contribution in [-0.2, 0) is 11.2 Å². The molecule has 0 heterocycles. The first kappa shape index (κ1) is 15.7. The third-order valence-electron chi connectivity index (χ3n) is 4.19. The molecule has 0 saturated carbocycles. The molecule has 0 saturated heterocycles. The van der Waals surface area contributed by atoms with Crippen molar-refractivity contribution >= 4 is 5.97 Å². The molecule has 2 heteroatoms. The Bertz CT molecular complexity index is 411. The van der Waals surface area contributed by atoms with E-state index in [1.54, 1.807) is 0 Å². The molecule has 0 aliphatic heterocycles. The van der Waals surface area contributed by atoms with E-state index in [-0.39, 0.29) is 5.92 Å². The van der Waals surface area contributed by atoms with Gasteiger partial charge < -0.3 is 5.11 Å². The molecule has 3 atom stereocenters. The first-order valence-electron chi connectivity index (χ1n) is 7.22. The van der Waals surface area contributed by atoms with Crippen LogP contribution in [0.15, 0.2) is 24.3 Å². The topological polar surface area (TPSA) is 37.3 Å². The van der Waals surface area contributed by atoms with E-state index in [1.165, 1.54) is 5.56 Å². The maximum absolute atomic E-state index is 11.4. The van der Waals surface area contributed by atoms with E-state index >= 15 is 0 Å². The Morgan fingerprint density at radius 3 is 2.47 bits per heavy atom. The van der Waals surface area contributed by atoms with Crippen LogP contribution in [-0.4, -0.2) is 11.1 Å². The molecule has 1 rings (SSSR count). The molecule has 0 amide bonds. The van der Waals surface area contributed by atoms with E-state index in [4.69, 9.17) is 0 Å². The van der Waals surface area contributed by atoms with Gasteiger partial charge in [-0.1, -0.05) is 57.0 Å². The number of carboxylic acids is 1. The van der Waals surface area contributed by atoms with Gasteiger partial charge in [0, 0.05) is 0 Å². The van der Waals surface area contributed by atoms with Gasteiger partial charge in [0.2, 0.25) is 0 Å². The fraction of sp³-hybridized carbons (Fsp3) is 0.588. The van der Waals surface area contributed by atoms with Gasteiger partial charge in [0.15, 0.2) is 0 Å². The van der Waals surface area contributed by atoms with Crippen molar-refractivity contribution in [3.05, 3.63) is 35.4 Å². The zero-order valence-electron chi connectivity index (χ0n) is 12.5. The number of hydrogen-bond acceptors (Lipinski definition) is 1. The molecular formula is C17H26O2. The lowest BCUT2D eigenvalue weighted by atomic mass is 9.83. The molecule has 106 valence electrons. The van der Waals surface area contributed by atoms with Gasteiger partial charge in [-0.3, -0.25) is 4.79 Å². The Kier molecular flexibility index (Phi) is 6.07. The standard InChI is InChI=1S/C17H26O2/c1-5-13(3)14(4)10-16(17(18)19)11-15-8-6-7-12(2)9-15/h6-9,13-14,16H,5,10-11H2,1-4H3,(H,18,19)/t13?,14-,16?/m1/s1. The van der Waals surface area contributed by atoms with Gasteiger partial charge in [-0.05, 0) is 37.2 Å². The maximum Gasteiger partial charge on any atom is 0.306 e. The zero-order valence-corrected chi connectivity index (χ0v) is 12.5. The van der Waals surface area contributed by atoms with Gasteiger partial charge in [0.05, 0.1) is 5.92 Å². The summed E-state index contributed by atoms with van der Waals surface area (Å²) < 4.78 is 0. The summed E-state index contributed by atoms with van der Waals surface area (Å²) in [6, 6.07) is 8.16.